The minimum Gasteiger partial charge on any atom is -0.380 e. The van der Waals surface area contributed by atoms with E-state index in [0.29, 0.717) is 17.7 Å². The average Bonchev–Trinajstić information content (AvgIpc) is 3.70. The fraction of sp³-hybridized carbons (Fsp3) is 0.357. The number of piperidine rings is 1. The summed E-state index contributed by atoms with van der Waals surface area (Å²) in [7, 11) is -3.88. The number of carbonyl (C=O) groups excluding carboxylic acids is 4. The molecular weight excluding hydrogens is 829 g/mol. The van der Waals surface area contributed by atoms with Crippen LogP contribution < -0.4 is 20.7 Å². The Morgan fingerprint density at radius 2 is 1.60 bits per heavy atom. The SMILES string of the molecule is CCc1cc(-c2nc(Nc3ccc(S(=O)(=O)NCCOCCOCCNc4cc5c(cc4F)C(=O)N(C4CCC(=O)NC4=O)C5=O)cc3)ncc2F)cc2c1nc(C)n2C(C)C. The third-order valence-corrected chi connectivity index (χ3v) is 11.9. The first-order chi connectivity index (χ1) is 29.7. The zero-order valence-corrected chi connectivity index (χ0v) is 35.2. The number of benzene rings is 3. The van der Waals surface area contributed by atoms with Crippen molar-refractivity contribution in [2.75, 3.05) is 50.2 Å². The number of hydrogen-bond donors (Lipinski definition) is 4. The van der Waals surface area contributed by atoms with E-state index in [1.807, 2.05) is 26.0 Å². The summed E-state index contributed by atoms with van der Waals surface area (Å²) in [6, 6.07) is 10.8. The number of aromatic nitrogens is 4. The summed E-state index contributed by atoms with van der Waals surface area (Å²) in [6.07, 6.45) is 1.75. The molecule has 0 bridgehead atoms. The van der Waals surface area contributed by atoms with Gasteiger partial charge >= 0.3 is 0 Å². The molecule has 5 aromatic rings. The lowest BCUT2D eigenvalue weighted by Gasteiger charge is -2.27. The Kier molecular flexibility index (Phi) is 13.0. The van der Waals surface area contributed by atoms with Crippen LogP contribution in [0, 0.1) is 18.6 Å². The maximum Gasteiger partial charge on any atom is 0.262 e. The first-order valence-corrected chi connectivity index (χ1v) is 21.5. The number of sulfonamides is 1. The molecule has 0 radical (unpaired) electrons. The van der Waals surface area contributed by atoms with Gasteiger partial charge in [-0.15, -0.1) is 0 Å². The van der Waals surface area contributed by atoms with E-state index in [-0.39, 0.29) is 91.8 Å². The van der Waals surface area contributed by atoms with Crippen LogP contribution >= 0.6 is 0 Å². The highest BCUT2D eigenvalue weighted by Gasteiger charge is 2.45. The van der Waals surface area contributed by atoms with Gasteiger partial charge in [0, 0.05) is 36.8 Å². The maximum atomic E-state index is 15.2. The molecule has 326 valence electrons. The van der Waals surface area contributed by atoms with Gasteiger partial charge in [-0.05, 0) is 87.7 Å². The number of ether oxygens (including phenoxy) is 2. The molecule has 4 N–H and O–H groups in total. The molecule has 7 rings (SSSR count). The minimum atomic E-state index is -3.88. The molecule has 4 heterocycles. The number of nitrogens with one attached hydrogen (secondary N) is 4. The Labute approximate surface area is 355 Å². The van der Waals surface area contributed by atoms with Crippen molar-refractivity contribution < 1.29 is 45.9 Å². The molecule has 1 fully saturated rings. The number of nitrogens with zero attached hydrogens (tertiary/aromatic N) is 5. The van der Waals surface area contributed by atoms with Gasteiger partial charge in [-0.3, -0.25) is 29.4 Å². The lowest BCUT2D eigenvalue weighted by atomic mass is 10.0. The molecule has 1 atom stereocenters. The van der Waals surface area contributed by atoms with E-state index < -0.39 is 51.3 Å². The summed E-state index contributed by atoms with van der Waals surface area (Å²) in [5.41, 5.74) is 3.67. The molecule has 2 aliphatic rings. The molecular formula is C42H45F2N9O8S. The Bertz CT molecular complexity index is 2670. The molecule has 1 saturated heterocycles. The first-order valence-electron chi connectivity index (χ1n) is 20.0. The van der Waals surface area contributed by atoms with Gasteiger partial charge in [0.25, 0.3) is 11.8 Å². The van der Waals surface area contributed by atoms with E-state index in [4.69, 9.17) is 14.5 Å². The summed E-state index contributed by atoms with van der Waals surface area (Å²) in [5.74, 6) is -3.17. The van der Waals surface area contributed by atoms with Crippen LogP contribution in [0.4, 0.5) is 26.1 Å². The summed E-state index contributed by atoms with van der Waals surface area (Å²) in [4.78, 5) is 63.8. The number of aryl methyl sites for hydroxylation is 2. The van der Waals surface area contributed by atoms with Crippen molar-refractivity contribution in [3.63, 3.8) is 0 Å². The maximum absolute atomic E-state index is 15.2. The molecule has 2 aliphatic heterocycles. The topological polar surface area (TPSA) is 216 Å². The van der Waals surface area contributed by atoms with Crippen molar-refractivity contribution >= 4 is 62.0 Å². The minimum absolute atomic E-state index is 0.0134. The number of imidazole rings is 1. The second-order valence-corrected chi connectivity index (χ2v) is 16.7. The number of carbonyl (C=O) groups is 4. The number of fused-ring (bicyclic) bond motifs is 2. The highest BCUT2D eigenvalue weighted by Crippen LogP contribution is 2.33. The van der Waals surface area contributed by atoms with E-state index in [1.165, 1.54) is 18.2 Å². The van der Waals surface area contributed by atoms with Gasteiger partial charge in [0.05, 0.1) is 65.4 Å². The number of halogens is 2. The number of rotatable bonds is 18. The van der Waals surface area contributed by atoms with Gasteiger partial charge in [-0.1, -0.05) is 6.92 Å². The fourth-order valence-corrected chi connectivity index (χ4v) is 8.47. The van der Waals surface area contributed by atoms with Gasteiger partial charge in [0.1, 0.15) is 23.4 Å². The van der Waals surface area contributed by atoms with Crippen molar-refractivity contribution in [1.29, 1.82) is 0 Å². The number of anilines is 3. The molecule has 20 heteroatoms. The fourth-order valence-electron chi connectivity index (χ4n) is 7.45. The lowest BCUT2D eigenvalue weighted by molar-refractivity contribution is -0.136. The molecule has 1 unspecified atom stereocenters. The Hall–Kier alpha value is -6.22. The smallest absolute Gasteiger partial charge is 0.262 e. The number of amides is 4. The molecule has 17 nitrogen and oxygen atoms in total. The Balaban J connectivity index is 0.836. The molecule has 3 aromatic carbocycles. The Morgan fingerprint density at radius 3 is 2.27 bits per heavy atom. The third-order valence-electron chi connectivity index (χ3n) is 10.4. The van der Waals surface area contributed by atoms with Crippen LogP contribution in [0.1, 0.15) is 71.8 Å². The largest absolute Gasteiger partial charge is 0.380 e. The van der Waals surface area contributed by atoms with Crippen molar-refractivity contribution in [3.05, 3.63) is 88.9 Å². The van der Waals surface area contributed by atoms with Gasteiger partial charge in [0.2, 0.25) is 27.8 Å². The second-order valence-electron chi connectivity index (χ2n) is 14.9. The predicted molar refractivity (Wildman–Crippen MR) is 223 cm³/mol. The number of imide groups is 2. The van der Waals surface area contributed by atoms with Crippen molar-refractivity contribution in [1.82, 2.24) is 34.5 Å². The third kappa shape index (κ3) is 9.18. The van der Waals surface area contributed by atoms with Crippen LogP contribution in [0.15, 0.2) is 59.6 Å². The first kappa shape index (κ1) is 43.9. The zero-order valence-electron chi connectivity index (χ0n) is 34.4. The van der Waals surface area contributed by atoms with Crippen LogP contribution in [0.5, 0.6) is 0 Å². The van der Waals surface area contributed by atoms with Gasteiger partial charge in [-0.2, -0.15) is 0 Å². The normalized spacial score (nSPS) is 15.5. The summed E-state index contributed by atoms with van der Waals surface area (Å²) in [5, 5.41) is 7.96. The molecule has 0 aliphatic carbocycles. The highest BCUT2D eigenvalue weighted by atomic mass is 32.2. The van der Waals surface area contributed by atoms with Gasteiger partial charge in [0.15, 0.2) is 5.82 Å². The molecule has 0 saturated carbocycles. The average molecular weight is 874 g/mol. The van der Waals surface area contributed by atoms with E-state index in [1.54, 1.807) is 12.1 Å². The standard InChI is InChI=1S/C42H45F2N9O8S/c1-5-25-18-26(19-35-38(25)48-24(4)52(35)23(2)3)37-32(44)22-46-42(51-37)49-27-6-8-28(9-7-27)62(58,59)47-13-15-61-17-16-60-14-12-45-33-21-30-29(20-31(33)43)40(56)53(41(30)57)34-10-11-36(54)50-39(34)55/h6-9,18-23,34,45,47H,5,10-17H2,1-4H3,(H,46,49,51)(H,50,54,55). The van der Waals surface area contributed by atoms with Gasteiger partial charge in [-0.25, -0.2) is 36.9 Å². The quantitative estimate of drug-likeness (QED) is 0.0689. The molecule has 2 aromatic heterocycles. The van der Waals surface area contributed by atoms with Crippen LogP contribution in [-0.4, -0.2) is 102 Å². The van der Waals surface area contributed by atoms with E-state index in [2.05, 4.69) is 49.1 Å². The zero-order chi connectivity index (χ0) is 44.3. The molecule has 0 spiro atoms. The van der Waals surface area contributed by atoms with Crippen LogP contribution in [0.25, 0.3) is 22.3 Å². The van der Waals surface area contributed by atoms with Crippen molar-refractivity contribution in [2.45, 2.75) is 63.9 Å². The summed E-state index contributed by atoms with van der Waals surface area (Å²) >= 11 is 0. The summed E-state index contributed by atoms with van der Waals surface area (Å²) in [6.45, 7) is 8.71. The second kappa shape index (κ2) is 18.4. The van der Waals surface area contributed by atoms with Crippen LogP contribution in [-0.2, 0) is 35.5 Å². The predicted octanol–water partition coefficient (Wildman–Crippen LogP) is 4.79. The lowest BCUT2D eigenvalue weighted by Crippen LogP contribution is -2.54. The van der Waals surface area contributed by atoms with Crippen LogP contribution in [0.2, 0.25) is 0 Å². The van der Waals surface area contributed by atoms with E-state index in [0.717, 1.165) is 39.6 Å². The van der Waals surface area contributed by atoms with Crippen molar-refractivity contribution in [2.24, 2.45) is 0 Å². The monoisotopic (exact) mass is 873 g/mol. The highest BCUT2D eigenvalue weighted by molar-refractivity contribution is 7.89. The van der Waals surface area contributed by atoms with Crippen molar-refractivity contribution in [3.8, 4) is 11.3 Å². The summed E-state index contributed by atoms with van der Waals surface area (Å²) < 4.78 is 71.4. The van der Waals surface area contributed by atoms with Crippen LogP contribution in [0.3, 0.4) is 0 Å². The van der Waals surface area contributed by atoms with E-state index in [9.17, 15) is 32.0 Å². The molecule has 4 amide bonds. The van der Waals surface area contributed by atoms with E-state index >= 15 is 4.39 Å². The van der Waals surface area contributed by atoms with Gasteiger partial charge < -0.3 is 24.7 Å². The molecule has 62 heavy (non-hydrogen) atoms. The Morgan fingerprint density at radius 1 is 0.903 bits per heavy atom. The number of hydrogen-bond acceptors (Lipinski definition) is 13.